The molecule has 0 N–H and O–H groups in total. The Bertz CT molecular complexity index is 287. The summed E-state index contributed by atoms with van der Waals surface area (Å²) in [6, 6.07) is 0. The largest absolute Gasteiger partial charge is 0.405 e. The monoisotopic (exact) mass is 294 g/mol. The molecule has 2 atom stereocenters. The Morgan fingerprint density at radius 2 is 1.11 bits per heavy atom. The van der Waals surface area contributed by atoms with Gasteiger partial charge in [-0.15, -0.1) is 0 Å². The molecule has 0 saturated heterocycles. The van der Waals surface area contributed by atoms with Crippen molar-refractivity contribution in [3.63, 3.8) is 0 Å². The molecular weight excluding hydrogens is 286 g/mol. The fourth-order valence-electron chi connectivity index (χ4n) is 1.11. The number of halogens is 10. The van der Waals surface area contributed by atoms with Crippen molar-refractivity contribution in [1.82, 2.24) is 0 Å². The van der Waals surface area contributed by atoms with Crippen molar-refractivity contribution in [2.45, 2.75) is 38.5 Å². The summed E-state index contributed by atoms with van der Waals surface area (Å²) in [7, 11) is 0. The Balaban J connectivity index is 5.80. The standard InChI is InChI=1S/C8H8F10/c1-3(7(13,14)15)6(11,12)5(2,4(9)10)8(16,17)18/h3-4H,1-2H3/t3-,5?/m1/s1. The van der Waals surface area contributed by atoms with E-state index < -0.39 is 43.0 Å². The van der Waals surface area contributed by atoms with Gasteiger partial charge in [-0.3, -0.25) is 0 Å². The van der Waals surface area contributed by atoms with Gasteiger partial charge in [0.05, 0.1) is 0 Å². The van der Waals surface area contributed by atoms with Gasteiger partial charge in [-0.1, -0.05) is 0 Å². The third-order valence-electron chi connectivity index (χ3n) is 2.75. The first kappa shape index (κ1) is 17.3. The molecule has 0 aliphatic rings. The van der Waals surface area contributed by atoms with Gasteiger partial charge in [0.1, 0.15) is 5.92 Å². The van der Waals surface area contributed by atoms with Crippen molar-refractivity contribution in [3.8, 4) is 0 Å². The van der Waals surface area contributed by atoms with Crippen molar-refractivity contribution >= 4 is 0 Å². The Morgan fingerprint density at radius 3 is 1.28 bits per heavy atom. The molecule has 0 bridgehead atoms. The van der Waals surface area contributed by atoms with Crippen molar-refractivity contribution in [3.05, 3.63) is 0 Å². The summed E-state index contributed by atoms with van der Waals surface area (Å²) < 4.78 is 124. The van der Waals surface area contributed by atoms with Gasteiger partial charge >= 0.3 is 12.4 Å². The second-order valence-electron chi connectivity index (χ2n) is 3.89. The number of hydrogen-bond donors (Lipinski definition) is 0. The maximum absolute atomic E-state index is 13.2. The van der Waals surface area contributed by atoms with E-state index in [9.17, 15) is 43.9 Å². The van der Waals surface area contributed by atoms with E-state index in [0.29, 0.717) is 0 Å². The average molecular weight is 294 g/mol. The van der Waals surface area contributed by atoms with Crippen LogP contribution in [0.5, 0.6) is 0 Å². The quantitative estimate of drug-likeness (QED) is 0.664. The summed E-state index contributed by atoms with van der Waals surface area (Å²) >= 11 is 0. The van der Waals surface area contributed by atoms with E-state index in [1.807, 2.05) is 0 Å². The molecule has 110 valence electrons. The normalized spacial score (nSPS) is 19.8. The molecule has 0 aromatic carbocycles. The third kappa shape index (κ3) is 2.51. The highest BCUT2D eigenvalue weighted by molar-refractivity contribution is 5.01. The average Bonchev–Trinajstić information content (AvgIpc) is 2.11. The minimum Gasteiger partial charge on any atom is -0.209 e. The van der Waals surface area contributed by atoms with E-state index >= 15 is 0 Å². The fourth-order valence-corrected chi connectivity index (χ4v) is 1.11. The zero-order chi connectivity index (χ0) is 15.2. The second kappa shape index (κ2) is 4.44. The lowest BCUT2D eigenvalue weighted by Crippen LogP contribution is -2.59. The van der Waals surface area contributed by atoms with Gasteiger partial charge in [-0.2, -0.15) is 26.3 Å². The maximum atomic E-state index is 13.2. The summed E-state index contributed by atoms with van der Waals surface area (Å²) in [5.74, 6) is -9.55. The van der Waals surface area contributed by atoms with Gasteiger partial charge < -0.3 is 0 Å². The summed E-state index contributed by atoms with van der Waals surface area (Å²) in [6.07, 6.45) is -16.6. The smallest absolute Gasteiger partial charge is 0.209 e. The lowest BCUT2D eigenvalue weighted by atomic mass is 9.76. The Morgan fingerprint density at radius 1 is 0.778 bits per heavy atom. The molecule has 0 aromatic heterocycles. The molecule has 0 nitrogen and oxygen atoms in total. The first-order chi connectivity index (χ1) is 7.60. The molecule has 0 spiro atoms. The predicted molar refractivity (Wildman–Crippen MR) is 40.3 cm³/mol. The van der Waals surface area contributed by atoms with Crippen LogP contribution >= 0.6 is 0 Å². The highest BCUT2D eigenvalue weighted by Gasteiger charge is 2.75. The molecule has 0 radical (unpaired) electrons. The van der Waals surface area contributed by atoms with Crippen LogP contribution in [0.15, 0.2) is 0 Å². The van der Waals surface area contributed by atoms with E-state index in [4.69, 9.17) is 0 Å². The van der Waals surface area contributed by atoms with Crippen molar-refractivity contribution in [1.29, 1.82) is 0 Å². The molecular formula is C8H8F10. The number of hydrogen-bond acceptors (Lipinski definition) is 0. The van der Waals surface area contributed by atoms with Crippen LogP contribution in [-0.4, -0.2) is 24.7 Å². The minimum absolute atomic E-state index is 0.271. The molecule has 0 heterocycles. The number of rotatable bonds is 3. The van der Waals surface area contributed by atoms with Crippen LogP contribution < -0.4 is 0 Å². The molecule has 1 unspecified atom stereocenters. The Kier molecular flexibility index (Phi) is 4.27. The Labute approximate surface area is 94.9 Å². The van der Waals surface area contributed by atoms with E-state index in [1.54, 1.807) is 0 Å². The van der Waals surface area contributed by atoms with Crippen molar-refractivity contribution in [2.75, 3.05) is 0 Å². The summed E-state index contributed by atoms with van der Waals surface area (Å²) in [4.78, 5) is 0. The third-order valence-corrected chi connectivity index (χ3v) is 2.75. The molecule has 0 aliphatic carbocycles. The molecule has 0 aromatic rings. The molecule has 0 aliphatic heterocycles. The zero-order valence-corrected chi connectivity index (χ0v) is 8.93. The van der Waals surface area contributed by atoms with Crippen LogP contribution in [0.25, 0.3) is 0 Å². The fraction of sp³-hybridized carbons (Fsp3) is 1.00. The number of alkyl halides is 10. The Hall–Kier alpha value is -0.700. The zero-order valence-electron chi connectivity index (χ0n) is 8.93. The van der Waals surface area contributed by atoms with Gasteiger partial charge in [0.15, 0.2) is 5.41 Å². The van der Waals surface area contributed by atoms with Crippen LogP contribution in [-0.2, 0) is 0 Å². The van der Waals surface area contributed by atoms with Gasteiger partial charge in [0.2, 0.25) is 0 Å². The van der Waals surface area contributed by atoms with Crippen LogP contribution in [0, 0.1) is 11.3 Å². The van der Waals surface area contributed by atoms with E-state index in [0.717, 1.165) is 0 Å². The van der Waals surface area contributed by atoms with E-state index in [2.05, 4.69) is 0 Å². The molecule has 0 amide bonds. The minimum atomic E-state index is -6.19. The molecule has 0 fully saturated rings. The van der Waals surface area contributed by atoms with Crippen LogP contribution in [0.4, 0.5) is 43.9 Å². The SMILES string of the molecule is C[C@@H](C(F)(F)F)C(F)(F)C(C)(C(F)F)C(F)(F)F. The lowest BCUT2D eigenvalue weighted by molar-refractivity contribution is -0.362. The first-order valence-corrected chi connectivity index (χ1v) is 4.39. The predicted octanol–water partition coefficient (Wildman–Crippen LogP) is 4.65. The summed E-state index contributed by atoms with van der Waals surface area (Å²) in [5.41, 5.74) is -5.07. The maximum Gasteiger partial charge on any atom is 0.405 e. The van der Waals surface area contributed by atoms with Crippen molar-refractivity contribution in [2.24, 2.45) is 11.3 Å². The van der Waals surface area contributed by atoms with Gasteiger partial charge in [-0.05, 0) is 13.8 Å². The van der Waals surface area contributed by atoms with E-state index in [1.165, 1.54) is 0 Å². The summed E-state index contributed by atoms with van der Waals surface area (Å²) in [6.45, 7) is -0.897. The highest BCUT2D eigenvalue weighted by Crippen LogP contribution is 2.58. The summed E-state index contributed by atoms with van der Waals surface area (Å²) in [5, 5.41) is 0. The van der Waals surface area contributed by atoms with Crippen molar-refractivity contribution < 1.29 is 43.9 Å². The highest BCUT2D eigenvalue weighted by atomic mass is 19.4. The molecule has 0 rings (SSSR count). The topological polar surface area (TPSA) is 0 Å². The molecule has 18 heavy (non-hydrogen) atoms. The molecule has 10 heteroatoms. The van der Waals surface area contributed by atoms with Crippen LogP contribution in [0.3, 0.4) is 0 Å². The first-order valence-electron chi connectivity index (χ1n) is 4.39. The van der Waals surface area contributed by atoms with Gasteiger partial charge in [0, 0.05) is 0 Å². The lowest BCUT2D eigenvalue weighted by Gasteiger charge is -2.41. The van der Waals surface area contributed by atoms with Gasteiger partial charge in [0.25, 0.3) is 12.3 Å². The molecule has 0 saturated carbocycles. The van der Waals surface area contributed by atoms with Crippen LogP contribution in [0.1, 0.15) is 13.8 Å². The van der Waals surface area contributed by atoms with E-state index in [-0.39, 0.29) is 6.92 Å². The second-order valence-corrected chi connectivity index (χ2v) is 3.89. The van der Waals surface area contributed by atoms with Crippen LogP contribution in [0.2, 0.25) is 0 Å². The van der Waals surface area contributed by atoms with Gasteiger partial charge in [-0.25, -0.2) is 17.6 Å².